The van der Waals surface area contributed by atoms with Gasteiger partial charge in [0.1, 0.15) is 5.04 Å². The smallest absolute Gasteiger partial charge is 0.228 e. The van der Waals surface area contributed by atoms with Gasteiger partial charge in [0.05, 0.1) is 0 Å². The van der Waals surface area contributed by atoms with Crippen molar-refractivity contribution in [1.29, 1.82) is 0 Å². The van der Waals surface area contributed by atoms with Crippen LogP contribution in [0, 0.1) is 0 Å². The van der Waals surface area contributed by atoms with Gasteiger partial charge in [-0.2, -0.15) is 8.78 Å². The van der Waals surface area contributed by atoms with Crippen LogP contribution in [0.2, 0.25) is 10.0 Å². The average molecular weight is 362 g/mol. The van der Waals surface area contributed by atoms with E-state index >= 15 is 0 Å². The van der Waals surface area contributed by atoms with E-state index in [2.05, 4.69) is 4.99 Å². The number of hydrogen-bond acceptors (Lipinski definition) is 2. The summed E-state index contributed by atoms with van der Waals surface area (Å²) in [6.07, 6.45) is 0. The summed E-state index contributed by atoms with van der Waals surface area (Å²) in [4.78, 5) is 3.65. The van der Waals surface area contributed by atoms with Crippen molar-refractivity contribution in [1.82, 2.24) is 0 Å². The molecule has 3 rings (SSSR count). The number of halogens is 5. The van der Waals surface area contributed by atoms with Gasteiger partial charge in [-0.05, 0) is 36.0 Å². The zero-order valence-corrected chi connectivity index (χ0v) is 13.2. The van der Waals surface area contributed by atoms with Crippen LogP contribution in [0.5, 0.6) is 0 Å². The maximum Gasteiger partial charge on any atom is 0.357 e. The van der Waals surface area contributed by atoms with E-state index in [0.29, 0.717) is 15.6 Å². The standard InChI is InChI=1S/C15H8Cl2F3NS/c16-11-5-1-9(2-6-11)13-21-14(18,15(19,20)22-13)10-3-7-12(17)8-4-10/h1-8H. The molecule has 114 valence electrons. The molecule has 0 radical (unpaired) electrons. The molecule has 0 bridgehead atoms. The van der Waals surface area contributed by atoms with Crippen LogP contribution in [0.25, 0.3) is 0 Å². The first kappa shape index (κ1) is 15.7. The molecule has 1 atom stereocenters. The highest BCUT2D eigenvalue weighted by Crippen LogP contribution is 2.55. The zero-order chi connectivity index (χ0) is 16.0. The summed E-state index contributed by atoms with van der Waals surface area (Å²) in [7, 11) is 0. The molecule has 2 aromatic rings. The molecular weight excluding hydrogens is 354 g/mol. The SMILES string of the molecule is FC1(F)SC(c2ccc(Cl)cc2)=NC1(F)c1ccc(Cl)cc1. The number of rotatable bonds is 2. The Bertz CT molecular complexity index is 731. The molecular formula is C15H8Cl2F3NS. The van der Waals surface area contributed by atoms with E-state index in [-0.39, 0.29) is 22.4 Å². The second kappa shape index (κ2) is 5.48. The van der Waals surface area contributed by atoms with Gasteiger partial charge in [0, 0.05) is 21.2 Å². The molecule has 1 nitrogen and oxygen atoms in total. The van der Waals surface area contributed by atoms with Crippen LogP contribution in [0.3, 0.4) is 0 Å². The van der Waals surface area contributed by atoms with Gasteiger partial charge in [0.25, 0.3) is 0 Å². The van der Waals surface area contributed by atoms with E-state index in [9.17, 15) is 13.2 Å². The summed E-state index contributed by atoms with van der Waals surface area (Å²) in [5.41, 5.74) is 0.154. The summed E-state index contributed by atoms with van der Waals surface area (Å²) in [5, 5.41) is -2.99. The second-order valence-corrected chi connectivity index (χ2v) is 6.65. The summed E-state index contributed by atoms with van der Waals surface area (Å²) >= 11 is 11.6. The number of aliphatic imine (C=N–C) groups is 1. The van der Waals surface area contributed by atoms with E-state index in [4.69, 9.17) is 23.2 Å². The molecule has 0 N–H and O–H groups in total. The third-order valence-corrected chi connectivity index (χ3v) is 4.74. The van der Waals surface area contributed by atoms with Crippen molar-refractivity contribution >= 4 is 40.0 Å². The number of alkyl halides is 3. The molecule has 1 unspecified atom stereocenters. The molecule has 0 aliphatic carbocycles. The summed E-state index contributed by atoms with van der Waals surface area (Å²) in [5.74, 6) is -3.13. The van der Waals surface area contributed by atoms with Crippen LogP contribution in [0.4, 0.5) is 13.2 Å². The van der Waals surface area contributed by atoms with E-state index in [1.165, 1.54) is 36.4 Å². The molecule has 2 aromatic carbocycles. The lowest BCUT2D eigenvalue weighted by molar-refractivity contribution is -0.0588. The fraction of sp³-hybridized carbons (Fsp3) is 0.133. The van der Waals surface area contributed by atoms with Crippen LogP contribution in [0.15, 0.2) is 53.5 Å². The van der Waals surface area contributed by atoms with Gasteiger partial charge in [0.2, 0.25) is 0 Å². The van der Waals surface area contributed by atoms with Gasteiger partial charge < -0.3 is 0 Å². The Morgan fingerprint density at radius 1 is 0.818 bits per heavy atom. The molecule has 7 heteroatoms. The Balaban J connectivity index is 2.06. The average Bonchev–Trinajstić information content (AvgIpc) is 2.71. The summed E-state index contributed by atoms with van der Waals surface area (Å²) in [6, 6.07) is 11.3. The fourth-order valence-corrected chi connectivity index (χ4v) is 3.26. The predicted molar refractivity (Wildman–Crippen MR) is 84.8 cm³/mol. The van der Waals surface area contributed by atoms with Gasteiger partial charge in [-0.1, -0.05) is 47.5 Å². The van der Waals surface area contributed by atoms with Crippen molar-refractivity contribution in [3.05, 3.63) is 69.7 Å². The minimum absolute atomic E-state index is 0.0703. The monoisotopic (exact) mass is 361 g/mol. The molecule has 1 aliphatic heterocycles. The lowest BCUT2D eigenvalue weighted by Crippen LogP contribution is -2.33. The van der Waals surface area contributed by atoms with Crippen molar-refractivity contribution in [2.75, 3.05) is 0 Å². The molecule has 22 heavy (non-hydrogen) atoms. The Hall–Kier alpha value is -1.17. The third-order valence-electron chi connectivity index (χ3n) is 3.18. The van der Waals surface area contributed by atoms with Gasteiger partial charge in [-0.3, -0.25) is 0 Å². The predicted octanol–water partition coefficient (Wildman–Crippen LogP) is 5.90. The van der Waals surface area contributed by atoms with Crippen molar-refractivity contribution in [2.45, 2.75) is 11.0 Å². The van der Waals surface area contributed by atoms with Crippen LogP contribution < -0.4 is 0 Å². The van der Waals surface area contributed by atoms with Crippen LogP contribution >= 0.6 is 35.0 Å². The highest BCUT2D eigenvalue weighted by atomic mass is 35.5. The maximum absolute atomic E-state index is 14.9. The quantitative estimate of drug-likeness (QED) is 0.606. The molecule has 1 aliphatic rings. The fourth-order valence-electron chi connectivity index (χ4n) is 2.04. The summed E-state index contributed by atoms with van der Waals surface area (Å²) < 4.78 is 43.4. The van der Waals surface area contributed by atoms with Gasteiger partial charge in [-0.15, -0.1) is 0 Å². The number of hydrogen-bond donors (Lipinski definition) is 0. The van der Waals surface area contributed by atoms with Crippen molar-refractivity contribution in [2.24, 2.45) is 4.99 Å². The van der Waals surface area contributed by atoms with E-state index < -0.39 is 11.0 Å². The molecule has 0 spiro atoms. The minimum atomic E-state index is -3.71. The first-order valence-corrected chi connectivity index (χ1v) is 7.77. The lowest BCUT2D eigenvalue weighted by atomic mass is 10.1. The molecule has 0 aromatic heterocycles. The molecule has 0 saturated carbocycles. The van der Waals surface area contributed by atoms with E-state index in [0.717, 1.165) is 0 Å². The Morgan fingerprint density at radius 3 is 1.86 bits per heavy atom. The zero-order valence-electron chi connectivity index (χ0n) is 10.9. The summed E-state index contributed by atoms with van der Waals surface area (Å²) in [6.45, 7) is 0. The van der Waals surface area contributed by atoms with Gasteiger partial charge in [0.15, 0.2) is 0 Å². The molecule has 0 fully saturated rings. The van der Waals surface area contributed by atoms with Crippen LogP contribution in [-0.2, 0) is 5.79 Å². The second-order valence-electron chi connectivity index (χ2n) is 4.67. The van der Waals surface area contributed by atoms with Gasteiger partial charge in [-0.25, -0.2) is 9.38 Å². The normalized spacial score (nSPS) is 23.4. The molecule has 0 saturated heterocycles. The number of benzene rings is 2. The Labute approximate surface area is 139 Å². The third kappa shape index (κ3) is 2.62. The first-order chi connectivity index (χ1) is 10.3. The van der Waals surface area contributed by atoms with E-state index in [1.807, 2.05) is 0 Å². The van der Waals surface area contributed by atoms with Crippen LogP contribution in [0.1, 0.15) is 11.1 Å². The van der Waals surface area contributed by atoms with Crippen molar-refractivity contribution < 1.29 is 13.2 Å². The molecule has 0 amide bonds. The van der Waals surface area contributed by atoms with Gasteiger partial charge >= 0.3 is 11.0 Å². The number of thioether (sulfide) groups is 1. The number of nitrogens with zero attached hydrogens (tertiary/aromatic N) is 1. The van der Waals surface area contributed by atoms with Crippen molar-refractivity contribution in [3.8, 4) is 0 Å². The van der Waals surface area contributed by atoms with E-state index in [1.54, 1.807) is 12.1 Å². The topological polar surface area (TPSA) is 12.4 Å². The largest absolute Gasteiger partial charge is 0.357 e. The Kier molecular flexibility index (Phi) is 3.91. The Morgan fingerprint density at radius 2 is 1.32 bits per heavy atom. The minimum Gasteiger partial charge on any atom is -0.228 e. The highest BCUT2D eigenvalue weighted by Gasteiger charge is 2.62. The first-order valence-electron chi connectivity index (χ1n) is 6.19. The highest BCUT2D eigenvalue weighted by molar-refractivity contribution is 8.15. The molecule has 1 heterocycles. The van der Waals surface area contributed by atoms with Crippen LogP contribution in [-0.4, -0.2) is 10.3 Å². The lowest BCUT2D eigenvalue weighted by Gasteiger charge is -2.23. The van der Waals surface area contributed by atoms with Crippen molar-refractivity contribution in [3.63, 3.8) is 0 Å². The maximum atomic E-state index is 14.9.